The van der Waals surface area contributed by atoms with Crippen molar-refractivity contribution in [3.05, 3.63) is 0 Å². The van der Waals surface area contributed by atoms with Crippen LogP contribution in [0.1, 0.15) is 0 Å². The summed E-state index contributed by atoms with van der Waals surface area (Å²) in [6.07, 6.45) is -4.24. The zero-order chi connectivity index (χ0) is 20.1. The second-order valence-corrected chi connectivity index (χ2v) is 9.58. The SMILES string of the molecule is CS(=O)(=O)C[C@H]1CNC[C@H](O)[C@@H]1O.O=S(=O)(O)O[C@@H]1CNC[C@H](O)[C@@H]1O. The van der Waals surface area contributed by atoms with Crippen molar-refractivity contribution in [3.63, 3.8) is 0 Å². The van der Waals surface area contributed by atoms with Gasteiger partial charge in [0.05, 0.1) is 24.1 Å². The van der Waals surface area contributed by atoms with Gasteiger partial charge in [-0.3, -0.25) is 4.55 Å². The highest BCUT2D eigenvalue weighted by Crippen LogP contribution is 2.13. The Labute approximate surface area is 152 Å². The van der Waals surface area contributed by atoms with Crippen LogP contribution in [0.5, 0.6) is 0 Å². The molecule has 6 atom stereocenters. The number of sulfone groups is 1. The van der Waals surface area contributed by atoms with E-state index in [1.54, 1.807) is 0 Å². The molecule has 0 saturated carbocycles. The van der Waals surface area contributed by atoms with Crippen LogP contribution in [-0.4, -0.2) is 111 Å². The van der Waals surface area contributed by atoms with E-state index in [0.717, 1.165) is 6.26 Å². The molecule has 0 radical (unpaired) electrons. The van der Waals surface area contributed by atoms with E-state index >= 15 is 0 Å². The third-order valence-electron chi connectivity index (χ3n) is 3.87. The maximum atomic E-state index is 10.9. The summed E-state index contributed by atoms with van der Waals surface area (Å²) in [6.45, 7) is 0.969. The van der Waals surface area contributed by atoms with Gasteiger partial charge in [0, 0.05) is 38.4 Å². The van der Waals surface area contributed by atoms with E-state index in [9.17, 15) is 32.2 Å². The lowest BCUT2D eigenvalue weighted by Gasteiger charge is -2.31. The summed E-state index contributed by atoms with van der Waals surface area (Å²) < 4.78 is 54.8. The van der Waals surface area contributed by atoms with Crippen LogP contribution in [0.4, 0.5) is 0 Å². The highest BCUT2D eigenvalue weighted by Gasteiger charge is 2.34. The van der Waals surface area contributed by atoms with Crippen molar-refractivity contribution < 1.29 is 46.0 Å². The summed E-state index contributed by atoms with van der Waals surface area (Å²) in [6, 6.07) is 0. The van der Waals surface area contributed by atoms with Crippen LogP contribution < -0.4 is 10.6 Å². The molecule has 14 heteroatoms. The van der Waals surface area contributed by atoms with Gasteiger partial charge < -0.3 is 31.1 Å². The summed E-state index contributed by atoms with van der Waals surface area (Å²) in [7, 11) is -7.68. The van der Waals surface area contributed by atoms with Crippen molar-refractivity contribution >= 4 is 20.2 Å². The summed E-state index contributed by atoms with van der Waals surface area (Å²) in [5.74, 6) is -0.489. The first-order chi connectivity index (χ1) is 11.8. The molecular weight excluding hydrogens is 396 g/mol. The Bertz CT molecular complexity index is 584. The number of piperidine rings is 2. The van der Waals surface area contributed by atoms with Crippen LogP contribution in [0.25, 0.3) is 0 Å². The van der Waals surface area contributed by atoms with Crippen molar-refractivity contribution in [3.8, 4) is 0 Å². The topological polar surface area (TPSA) is 203 Å². The molecule has 0 bridgehead atoms. The number of aliphatic hydroxyl groups is 4. The first-order valence-electron chi connectivity index (χ1n) is 7.77. The predicted octanol–water partition coefficient (Wildman–Crippen LogP) is -4.53. The molecule has 26 heavy (non-hydrogen) atoms. The Morgan fingerprint density at radius 1 is 0.885 bits per heavy atom. The van der Waals surface area contributed by atoms with E-state index < -0.39 is 56.7 Å². The largest absolute Gasteiger partial charge is 0.397 e. The molecular formula is C12H26N2O10S2. The van der Waals surface area contributed by atoms with Gasteiger partial charge >= 0.3 is 10.4 Å². The lowest BCUT2D eigenvalue weighted by Crippen LogP contribution is -2.55. The van der Waals surface area contributed by atoms with E-state index in [1.807, 2.05) is 0 Å². The van der Waals surface area contributed by atoms with E-state index in [1.165, 1.54) is 0 Å². The molecule has 0 aromatic rings. The van der Waals surface area contributed by atoms with Crippen molar-refractivity contribution in [1.82, 2.24) is 10.6 Å². The molecule has 12 nitrogen and oxygen atoms in total. The van der Waals surface area contributed by atoms with Gasteiger partial charge in [-0.2, -0.15) is 8.42 Å². The van der Waals surface area contributed by atoms with Gasteiger partial charge in [0.25, 0.3) is 0 Å². The smallest absolute Gasteiger partial charge is 0.390 e. The molecule has 0 unspecified atom stereocenters. The third kappa shape index (κ3) is 8.51. The first-order valence-corrected chi connectivity index (χ1v) is 11.2. The minimum absolute atomic E-state index is 0.0536. The molecule has 156 valence electrons. The van der Waals surface area contributed by atoms with Gasteiger partial charge in [-0.05, 0) is 0 Å². The van der Waals surface area contributed by atoms with Gasteiger partial charge in [0.1, 0.15) is 22.0 Å². The zero-order valence-electron chi connectivity index (χ0n) is 14.1. The van der Waals surface area contributed by atoms with Crippen molar-refractivity contribution in [2.45, 2.75) is 30.5 Å². The minimum atomic E-state index is -4.59. The standard InChI is InChI=1S/C7H15NO4S.C5H11NO6S/c1-13(11,12)4-5-2-8-3-6(9)7(5)10;7-3-1-6-2-4(5(3)8)12-13(9,10)11/h5-10H,2-4H2,1H3;3-8H,1-2H2,(H,9,10,11)/t5-,6+,7-;3-,4+,5-/m10/s1. The number of rotatable bonds is 4. The van der Waals surface area contributed by atoms with Gasteiger partial charge in [-0.25, -0.2) is 12.6 Å². The average Bonchev–Trinajstić information content (AvgIpc) is 2.47. The Morgan fingerprint density at radius 3 is 1.88 bits per heavy atom. The maximum Gasteiger partial charge on any atom is 0.397 e. The predicted molar refractivity (Wildman–Crippen MR) is 89.4 cm³/mol. The van der Waals surface area contributed by atoms with Crippen LogP contribution in [0.3, 0.4) is 0 Å². The molecule has 0 aromatic carbocycles. The molecule has 0 aliphatic carbocycles. The minimum Gasteiger partial charge on any atom is -0.390 e. The van der Waals surface area contributed by atoms with Crippen molar-refractivity contribution in [1.29, 1.82) is 0 Å². The van der Waals surface area contributed by atoms with Gasteiger partial charge in [-0.15, -0.1) is 0 Å². The lowest BCUT2D eigenvalue weighted by molar-refractivity contribution is -0.0659. The van der Waals surface area contributed by atoms with Crippen molar-refractivity contribution in [2.75, 3.05) is 38.2 Å². The molecule has 2 heterocycles. The zero-order valence-corrected chi connectivity index (χ0v) is 15.7. The molecule has 0 amide bonds. The van der Waals surface area contributed by atoms with Crippen LogP contribution in [0, 0.1) is 5.92 Å². The van der Waals surface area contributed by atoms with Crippen LogP contribution in [-0.2, 0) is 24.4 Å². The second kappa shape index (κ2) is 9.68. The number of aliphatic hydroxyl groups excluding tert-OH is 4. The fourth-order valence-corrected chi connectivity index (χ4v) is 4.22. The number of hydrogen-bond acceptors (Lipinski definition) is 11. The fraction of sp³-hybridized carbons (Fsp3) is 1.00. The molecule has 0 spiro atoms. The molecule has 2 fully saturated rings. The summed E-state index contributed by atoms with van der Waals surface area (Å²) in [5.41, 5.74) is 0. The molecule has 2 saturated heterocycles. The van der Waals surface area contributed by atoms with E-state index in [2.05, 4.69) is 14.8 Å². The maximum absolute atomic E-state index is 10.9. The van der Waals surface area contributed by atoms with Crippen molar-refractivity contribution in [2.24, 2.45) is 5.92 Å². The summed E-state index contributed by atoms with van der Waals surface area (Å²) >= 11 is 0. The van der Waals surface area contributed by atoms with E-state index in [0.29, 0.717) is 13.1 Å². The van der Waals surface area contributed by atoms with Crippen LogP contribution in [0.15, 0.2) is 0 Å². The molecule has 7 N–H and O–H groups in total. The molecule has 2 aliphatic heterocycles. The number of nitrogens with one attached hydrogen (secondary N) is 2. The van der Waals surface area contributed by atoms with Crippen LogP contribution >= 0.6 is 0 Å². The Balaban J connectivity index is 0.000000260. The summed E-state index contributed by atoms with van der Waals surface area (Å²) in [5, 5.41) is 42.5. The van der Waals surface area contributed by atoms with E-state index in [4.69, 9.17) is 9.66 Å². The Morgan fingerprint density at radius 2 is 1.38 bits per heavy atom. The second-order valence-electron chi connectivity index (χ2n) is 6.35. The van der Waals surface area contributed by atoms with Gasteiger partial charge in [0.2, 0.25) is 0 Å². The average molecular weight is 422 g/mol. The Hall–Kier alpha value is -0.420. The van der Waals surface area contributed by atoms with Gasteiger partial charge in [0.15, 0.2) is 0 Å². The fourth-order valence-electron chi connectivity index (χ4n) is 2.63. The highest BCUT2D eigenvalue weighted by molar-refractivity contribution is 7.90. The highest BCUT2D eigenvalue weighted by atomic mass is 32.3. The van der Waals surface area contributed by atoms with Gasteiger partial charge in [-0.1, -0.05) is 0 Å². The number of β-amino-alcohol motifs (C(OH)–C–C–N with tert-alkyl or cyclic N) is 2. The Kier molecular flexibility index (Phi) is 8.79. The monoisotopic (exact) mass is 422 g/mol. The summed E-state index contributed by atoms with van der Waals surface area (Å²) in [4.78, 5) is 0. The number of hydrogen-bond donors (Lipinski definition) is 7. The lowest BCUT2D eigenvalue weighted by atomic mass is 9.96. The van der Waals surface area contributed by atoms with E-state index in [-0.39, 0.29) is 18.8 Å². The quantitative estimate of drug-likeness (QED) is 0.214. The molecule has 2 aliphatic rings. The molecule has 0 aromatic heterocycles. The molecule has 2 rings (SSSR count). The first kappa shape index (κ1) is 23.6. The van der Waals surface area contributed by atoms with Crippen LogP contribution in [0.2, 0.25) is 0 Å². The normalized spacial score (nSPS) is 36.1. The third-order valence-corrected chi connectivity index (χ3v) is 5.40.